The molecular weight excluding hydrogens is 396 g/mol. The quantitative estimate of drug-likeness (QED) is 0.471. The maximum absolute atomic E-state index is 12.6. The minimum absolute atomic E-state index is 0.179. The van der Waals surface area contributed by atoms with Gasteiger partial charge in [0.15, 0.2) is 0 Å². The normalized spacial score (nSPS) is 11.4. The zero-order valence-corrected chi connectivity index (χ0v) is 18.0. The van der Waals surface area contributed by atoms with Gasteiger partial charge in [0, 0.05) is 18.5 Å². The number of nitrogens with one attached hydrogen (secondary N) is 1. The summed E-state index contributed by atoms with van der Waals surface area (Å²) in [6.45, 7) is 0.262. The van der Waals surface area contributed by atoms with E-state index in [1.54, 1.807) is 31.4 Å². The second-order valence-electron chi connectivity index (χ2n) is 6.24. The van der Waals surface area contributed by atoms with Crippen LogP contribution >= 0.6 is 11.8 Å². The topological polar surface area (TPSA) is 75.7 Å². The molecule has 0 heterocycles. The van der Waals surface area contributed by atoms with E-state index in [0.29, 0.717) is 6.54 Å². The number of carbonyl (C=O) groups is 1. The summed E-state index contributed by atoms with van der Waals surface area (Å²) in [6, 6.07) is 14.4. The van der Waals surface area contributed by atoms with Gasteiger partial charge in [-0.2, -0.15) is 4.31 Å². The molecule has 0 saturated carbocycles. The zero-order valence-electron chi connectivity index (χ0n) is 16.3. The highest BCUT2D eigenvalue weighted by Crippen LogP contribution is 2.19. The van der Waals surface area contributed by atoms with Gasteiger partial charge in [-0.1, -0.05) is 12.1 Å². The Kier molecular flexibility index (Phi) is 8.35. The first-order chi connectivity index (χ1) is 13.4. The maximum atomic E-state index is 12.6. The summed E-state index contributed by atoms with van der Waals surface area (Å²) >= 11 is 1.54. The Bertz CT molecular complexity index is 883. The van der Waals surface area contributed by atoms with Crippen molar-refractivity contribution in [2.75, 3.05) is 33.5 Å². The van der Waals surface area contributed by atoms with Gasteiger partial charge in [-0.15, -0.1) is 11.8 Å². The van der Waals surface area contributed by atoms with E-state index in [0.717, 1.165) is 33.4 Å². The highest BCUT2D eigenvalue weighted by molar-refractivity contribution is 7.98. The van der Waals surface area contributed by atoms with Gasteiger partial charge >= 0.3 is 0 Å². The molecule has 2 aromatic rings. The van der Waals surface area contributed by atoms with Crippen LogP contribution in [0.15, 0.2) is 58.3 Å². The van der Waals surface area contributed by atoms with Crippen LogP contribution in [0.3, 0.4) is 0 Å². The van der Waals surface area contributed by atoms with Gasteiger partial charge in [-0.25, -0.2) is 8.42 Å². The molecule has 6 nitrogen and oxygen atoms in total. The first kappa shape index (κ1) is 22.3. The monoisotopic (exact) mass is 422 g/mol. The van der Waals surface area contributed by atoms with Crippen LogP contribution in [0.25, 0.3) is 0 Å². The van der Waals surface area contributed by atoms with E-state index in [2.05, 4.69) is 5.32 Å². The van der Waals surface area contributed by atoms with E-state index in [4.69, 9.17) is 4.74 Å². The van der Waals surface area contributed by atoms with Crippen molar-refractivity contribution in [1.82, 2.24) is 9.62 Å². The van der Waals surface area contributed by atoms with E-state index in [9.17, 15) is 13.2 Å². The highest BCUT2D eigenvalue weighted by atomic mass is 32.2. The van der Waals surface area contributed by atoms with Crippen LogP contribution in [-0.4, -0.2) is 52.1 Å². The first-order valence-electron chi connectivity index (χ1n) is 8.87. The molecule has 0 aliphatic heterocycles. The van der Waals surface area contributed by atoms with Crippen molar-refractivity contribution >= 4 is 27.7 Å². The molecule has 0 unspecified atom stereocenters. The SMILES string of the molecule is COc1cccc(CCCNC(=O)CN(C)S(=O)(=O)c2ccc(SC)cc2)c1. The van der Waals surface area contributed by atoms with Gasteiger partial charge in [-0.05, 0) is 61.1 Å². The van der Waals surface area contributed by atoms with Crippen LogP contribution in [0, 0.1) is 0 Å². The fourth-order valence-electron chi connectivity index (χ4n) is 2.62. The summed E-state index contributed by atoms with van der Waals surface area (Å²) in [5, 5.41) is 2.77. The van der Waals surface area contributed by atoms with Gasteiger partial charge < -0.3 is 10.1 Å². The van der Waals surface area contributed by atoms with Crippen LogP contribution in [-0.2, 0) is 21.2 Å². The van der Waals surface area contributed by atoms with Crippen molar-refractivity contribution in [2.45, 2.75) is 22.6 Å². The Morgan fingerprint density at radius 1 is 1.18 bits per heavy atom. The van der Waals surface area contributed by atoms with E-state index in [1.807, 2.05) is 30.5 Å². The molecule has 0 aliphatic rings. The van der Waals surface area contributed by atoms with Crippen molar-refractivity contribution in [3.63, 3.8) is 0 Å². The summed E-state index contributed by atoms with van der Waals surface area (Å²) < 4.78 is 31.4. The average Bonchev–Trinajstić information content (AvgIpc) is 2.71. The Morgan fingerprint density at radius 2 is 1.89 bits per heavy atom. The molecular formula is C20H26N2O4S2. The maximum Gasteiger partial charge on any atom is 0.243 e. The van der Waals surface area contributed by atoms with Crippen molar-refractivity contribution in [3.05, 3.63) is 54.1 Å². The molecule has 0 atom stereocenters. The highest BCUT2D eigenvalue weighted by Gasteiger charge is 2.22. The standard InChI is InChI=1S/C20H26N2O4S2/c1-22(28(24,25)19-11-9-18(27-3)10-12-19)15-20(23)21-13-5-7-16-6-4-8-17(14-16)26-2/h4,6,8-12,14H,5,7,13,15H2,1-3H3,(H,21,23). The van der Waals surface area contributed by atoms with Crippen LogP contribution in [0.4, 0.5) is 0 Å². The molecule has 1 amide bonds. The lowest BCUT2D eigenvalue weighted by Crippen LogP contribution is -2.38. The number of likely N-dealkylation sites (N-methyl/N-ethyl adjacent to an activating group) is 1. The third-order valence-electron chi connectivity index (χ3n) is 4.23. The van der Waals surface area contributed by atoms with Crippen molar-refractivity contribution in [3.8, 4) is 5.75 Å². The molecule has 0 saturated heterocycles. The molecule has 2 aromatic carbocycles. The number of aryl methyl sites for hydroxylation is 1. The zero-order chi connectivity index (χ0) is 20.6. The van der Waals surface area contributed by atoms with Gasteiger partial charge in [-0.3, -0.25) is 4.79 Å². The minimum atomic E-state index is -3.69. The number of sulfonamides is 1. The van der Waals surface area contributed by atoms with Crippen molar-refractivity contribution in [2.24, 2.45) is 0 Å². The average molecular weight is 423 g/mol. The summed E-state index contributed by atoms with van der Waals surface area (Å²) in [7, 11) is -0.655. The smallest absolute Gasteiger partial charge is 0.243 e. The molecule has 0 spiro atoms. The van der Waals surface area contributed by atoms with Gasteiger partial charge in [0.1, 0.15) is 5.75 Å². The summed E-state index contributed by atoms with van der Waals surface area (Å²) in [6.07, 6.45) is 3.48. The van der Waals surface area contributed by atoms with Crippen LogP contribution in [0.5, 0.6) is 5.75 Å². The molecule has 152 valence electrons. The molecule has 0 aromatic heterocycles. The molecule has 1 N–H and O–H groups in total. The van der Waals surface area contributed by atoms with Crippen molar-refractivity contribution in [1.29, 1.82) is 0 Å². The van der Waals surface area contributed by atoms with Crippen molar-refractivity contribution < 1.29 is 17.9 Å². The molecule has 0 bridgehead atoms. The van der Waals surface area contributed by atoms with Gasteiger partial charge in [0.05, 0.1) is 18.6 Å². The minimum Gasteiger partial charge on any atom is -0.497 e. The van der Waals surface area contributed by atoms with E-state index >= 15 is 0 Å². The summed E-state index contributed by atoms with van der Waals surface area (Å²) in [5.41, 5.74) is 1.13. The number of carbonyl (C=O) groups excluding carboxylic acids is 1. The molecule has 2 rings (SSSR count). The molecule has 0 aliphatic carbocycles. The molecule has 0 radical (unpaired) electrons. The number of nitrogens with zero attached hydrogens (tertiary/aromatic N) is 1. The Labute approximate surface area is 171 Å². The van der Waals surface area contributed by atoms with E-state index in [1.165, 1.54) is 18.8 Å². The fraction of sp³-hybridized carbons (Fsp3) is 0.350. The van der Waals surface area contributed by atoms with Crippen LogP contribution in [0.2, 0.25) is 0 Å². The predicted octanol–water partition coefficient (Wildman–Crippen LogP) is 2.79. The number of amides is 1. The van der Waals surface area contributed by atoms with E-state index < -0.39 is 10.0 Å². The Hall–Kier alpha value is -2.03. The van der Waals surface area contributed by atoms with E-state index in [-0.39, 0.29) is 17.3 Å². The lowest BCUT2D eigenvalue weighted by atomic mass is 10.1. The van der Waals surface area contributed by atoms with Gasteiger partial charge in [0.25, 0.3) is 0 Å². The number of ether oxygens (including phenoxy) is 1. The molecule has 8 heteroatoms. The lowest BCUT2D eigenvalue weighted by molar-refractivity contribution is -0.121. The number of benzene rings is 2. The molecule has 28 heavy (non-hydrogen) atoms. The van der Waals surface area contributed by atoms with Crippen LogP contribution in [0.1, 0.15) is 12.0 Å². The number of methoxy groups -OCH3 is 1. The third kappa shape index (κ3) is 6.25. The Morgan fingerprint density at radius 3 is 2.54 bits per heavy atom. The largest absolute Gasteiger partial charge is 0.497 e. The number of hydrogen-bond acceptors (Lipinski definition) is 5. The first-order valence-corrected chi connectivity index (χ1v) is 11.5. The number of thioether (sulfide) groups is 1. The lowest BCUT2D eigenvalue weighted by Gasteiger charge is -2.17. The Balaban J connectivity index is 1.81. The summed E-state index contributed by atoms with van der Waals surface area (Å²) in [4.78, 5) is 13.3. The number of hydrogen-bond donors (Lipinski definition) is 1. The fourth-order valence-corrected chi connectivity index (χ4v) is 4.15. The second kappa shape index (κ2) is 10.5. The predicted molar refractivity (Wildman–Crippen MR) is 112 cm³/mol. The summed E-state index contributed by atoms with van der Waals surface area (Å²) in [5.74, 6) is 0.483. The third-order valence-corrected chi connectivity index (χ3v) is 6.79. The molecule has 0 fully saturated rings. The van der Waals surface area contributed by atoms with Gasteiger partial charge in [0.2, 0.25) is 15.9 Å². The second-order valence-corrected chi connectivity index (χ2v) is 9.17. The van der Waals surface area contributed by atoms with Crippen LogP contribution < -0.4 is 10.1 Å². The number of rotatable bonds is 10.